The monoisotopic (exact) mass is 586 g/mol. The van der Waals surface area contributed by atoms with Crippen molar-refractivity contribution in [3.8, 4) is 18.4 Å². The minimum atomic E-state index is -0.885. The maximum atomic E-state index is 13.7. The minimum Gasteiger partial charge on any atom is -0.380 e. The quantitative estimate of drug-likeness (QED) is 0.458. The van der Waals surface area contributed by atoms with Crippen molar-refractivity contribution in [1.82, 2.24) is 10.2 Å². The van der Waals surface area contributed by atoms with Crippen LogP contribution < -0.4 is 20.4 Å². The van der Waals surface area contributed by atoms with Gasteiger partial charge < -0.3 is 25.3 Å². The van der Waals surface area contributed by atoms with Crippen molar-refractivity contribution in [3.05, 3.63) is 53.8 Å². The van der Waals surface area contributed by atoms with Gasteiger partial charge in [-0.2, -0.15) is 5.26 Å². The lowest BCUT2D eigenvalue weighted by molar-refractivity contribution is -0.131. The van der Waals surface area contributed by atoms with Gasteiger partial charge in [0, 0.05) is 37.2 Å². The fourth-order valence-electron chi connectivity index (χ4n) is 6.52. The highest BCUT2D eigenvalue weighted by Crippen LogP contribution is 2.74. The number of fused-ring (bicyclic) bond motifs is 1. The summed E-state index contributed by atoms with van der Waals surface area (Å²) in [5.74, 6) is 0.416. The van der Waals surface area contributed by atoms with Crippen molar-refractivity contribution in [1.29, 1.82) is 5.26 Å². The molecular formula is C31H31FN6O3S. The molecule has 3 fully saturated rings. The van der Waals surface area contributed by atoms with Crippen LogP contribution in [-0.4, -0.2) is 71.5 Å². The van der Waals surface area contributed by atoms with E-state index in [-0.39, 0.29) is 42.7 Å². The summed E-state index contributed by atoms with van der Waals surface area (Å²) < 4.78 is 12.8. The van der Waals surface area contributed by atoms with Crippen LogP contribution in [0.3, 0.4) is 0 Å². The molecule has 9 nitrogen and oxygen atoms in total. The molecule has 2 aromatic carbocycles. The Morgan fingerprint density at radius 2 is 2.10 bits per heavy atom. The maximum absolute atomic E-state index is 13.7. The SMILES string of the molecule is C#CCNC(=O)[C@H]1C(C#N)C12SC1(CC1Nc1cccc(N(C)C(=O)CN3CCc4cc(F)ccc43)c1)C(=O)N2CC. The Morgan fingerprint density at radius 3 is 2.83 bits per heavy atom. The molecule has 2 aromatic rings. The summed E-state index contributed by atoms with van der Waals surface area (Å²) in [6.07, 6.45) is 6.56. The van der Waals surface area contributed by atoms with E-state index in [1.54, 1.807) is 22.9 Å². The van der Waals surface area contributed by atoms with E-state index in [0.29, 0.717) is 31.6 Å². The molecule has 2 aliphatic carbocycles. The van der Waals surface area contributed by atoms with Gasteiger partial charge in [-0.15, -0.1) is 18.2 Å². The van der Waals surface area contributed by atoms with Crippen LogP contribution >= 0.6 is 11.8 Å². The number of carbonyl (C=O) groups excluding carboxylic acids is 3. The zero-order chi connectivity index (χ0) is 29.8. The zero-order valence-corrected chi connectivity index (χ0v) is 24.2. The third-order valence-electron chi connectivity index (χ3n) is 8.81. The second-order valence-corrected chi connectivity index (χ2v) is 12.7. The number of carbonyl (C=O) groups is 3. The predicted octanol–water partition coefficient (Wildman–Crippen LogP) is 2.58. The summed E-state index contributed by atoms with van der Waals surface area (Å²) in [7, 11) is 1.72. The third kappa shape index (κ3) is 4.26. The van der Waals surface area contributed by atoms with Crippen LogP contribution in [0.25, 0.3) is 0 Å². The Kier molecular flexibility index (Phi) is 6.81. The first-order chi connectivity index (χ1) is 20.2. The summed E-state index contributed by atoms with van der Waals surface area (Å²) >= 11 is 1.43. The van der Waals surface area contributed by atoms with Crippen molar-refractivity contribution in [2.24, 2.45) is 11.8 Å². The van der Waals surface area contributed by atoms with E-state index in [2.05, 4.69) is 22.6 Å². The standard InChI is InChI=1S/C31H31FN6O3S/c1-4-12-34-28(40)27-23(17-33)31(27)38(5-2)29(41)30(42-31)16-25(30)35-21-7-6-8-22(15-21)36(3)26(39)18-37-13-11-19-14-20(32)9-10-24(19)37/h1,6-10,14-15,23,25,27,35H,5,11-13,16,18H2,2-3H3,(H,34,40)/t23?,25?,27-,30?,31?/m1/s1. The minimum absolute atomic E-state index is 0.0609. The number of terminal acetylenes is 1. The number of benzene rings is 2. The lowest BCUT2D eigenvalue weighted by Crippen LogP contribution is -2.40. The number of halogens is 1. The van der Waals surface area contributed by atoms with Crippen molar-refractivity contribution < 1.29 is 18.8 Å². The lowest BCUT2D eigenvalue weighted by Gasteiger charge is -2.24. The van der Waals surface area contributed by atoms with Gasteiger partial charge >= 0.3 is 0 Å². The number of anilines is 3. The van der Waals surface area contributed by atoms with Gasteiger partial charge in [0.1, 0.15) is 15.4 Å². The Morgan fingerprint density at radius 1 is 1.29 bits per heavy atom. The van der Waals surface area contributed by atoms with E-state index in [4.69, 9.17) is 6.42 Å². The van der Waals surface area contributed by atoms with E-state index < -0.39 is 21.5 Å². The summed E-state index contributed by atoms with van der Waals surface area (Å²) in [6.45, 7) is 3.17. The average molecular weight is 587 g/mol. The zero-order valence-electron chi connectivity index (χ0n) is 23.4. The smallest absolute Gasteiger partial charge is 0.246 e. The van der Waals surface area contributed by atoms with Gasteiger partial charge in [0.2, 0.25) is 17.7 Å². The third-order valence-corrected chi connectivity index (χ3v) is 10.9. The molecule has 3 amide bonds. The second kappa shape index (κ2) is 10.2. The van der Waals surface area contributed by atoms with Crippen LogP contribution in [0.2, 0.25) is 0 Å². The summed E-state index contributed by atoms with van der Waals surface area (Å²) in [5, 5.41) is 16.0. The fourth-order valence-corrected chi connectivity index (χ4v) is 8.69. The number of likely N-dealkylation sites (N-methyl/N-ethyl adjacent to an activating group) is 1. The van der Waals surface area contributed by atoms with E-state index >= 15 is 0 Å². The first kappa shape index (κ1) is 27.9. The Labute approximate surface area is 248 Å². The van der Waals surface area contributed by atoms with Gasteiger partial charge in [-0.25, -0.2) is 4.39 Å². The summed E-state index contributed by atoms with van der Waals surface area (Å²) in [4.78, 5) is 44.1. The number of hydrogen-bond acceptors (Lipinski definition) is 7. The largest absolute Gasteiger partial charge is 0.380 e. The highest BCUT2D eigenvalue weighted by Gasteiger charge is 2.84. The first-order valence-electron chi connectivity index (χ1n) is 14.0. The molecule has 2 spiro atoms. The maximum Gasteiger partial charge on any atom is 0.246 e. The number of nitriles is 1. The molecule has 0 bridgehead atoms. The normalized spacial score (nSPS) is 28.3. The van der Waals surface area contributed by atoms with Crippen LogP contribution in [0.15, 0.2) is 42.5 Å². The number of nitrogens with zero attached hydrogens (tertiary/aromatic N) is 4. The molecule has 0 aromatic heterocycles. The molecule has 11 heteroatoms. The highest BCUT2D eigenvalue weighted by atomic mass is 32.2. The van der Waals surface area contributed by atoms with E-state index in [0.717, 1.165) is 16.9 Å². The van der Waals surface area contributed by atoms with E-state index in [1.165, 1.54) is 23.9 Å². The number of amides is 3. The Hall–Kier alpha value is -4.22. The second-order valence-electron chi connectivity index (χ2n) is 11.1. The summed E-state index contributed by atoms with van der Waals surface area (Å²) in [5.41, 5.74) is 3.26. The molecule has 2 heterocycles. The summed E-state index contributed by atoms with van der Waals surface area (Å²) in [6, 6.07) is 14.2. The number of hydrogen-bond donors (Lipinski definition) is 2. The van der Waals surface area contributed by atoms with Gasteiger partial charge in [-0.3, -0.25) is 14.4 Å². The molecule has 0 radical (unpaired) electrons. The molecule has 42 heavy (non-hydrogen) atoms. The van der Waals surface area contributed by atoms with Gasteiger partial charge in [-0.1, -0.05) is 12.0 Å². The topological polar surface area (TPSA) is 109 Å². The van der Waals surface area contributed by atoms with Gasteiger partial charge in [0.25, 0.3) is 0 Å². The molecule has 2 N–H and O–H groups in total. The molecular weight excluding hydrogens is 555 g/mol. The first-order valence-corrected chi connectivity index (χ1v) is 14.8. The molecule has 1 saturated heterocycles. The molecule has 216 valence electrons. The van der Waals surface area contributed by atoms with Crippen LogP contribution in [0.4, 0.5) is 21.5 Å². The van der Waals surface area contributed by atoms with Crippen molar-refractivity contribution in [2.45, 2.75) is 35.4 Å². The predicted molar refractivity (Wildman–Crippen MR) is 159 cm³/mol. The Balaban J connectivity index is 1.13. The van der Waals surface area contributed by atoms with Crippen LogP contribution in [0, 0.1) is 41.3 Å². The molecule has 5 atom stereocenters. The lowest BCUT2D eigenvalue weighted by atomic mass is 10.2. The average Bonchev–Trinajstić information content (AvgIpc) is 3.76. The van der Waals surface area contributed by atoms with Gasteiger partial charge in [-0.05, 0) is 61.7 Å². The van der Waals surface area contributed by atoms with Crippen molar-refractivity contribution >= 4 is 46.5 Å². The number of thioether (sulfide) groups is 1. The van der Waals surface area contributed by atoms with Crippen molar-refractivity contribution in [2.75, 3.05) is 48.3 Å². The Bertz CT molecular complexity index is 1570. The van der Waals surface area contributed by atoms with Gasteiger partial charge in [0.05, 0.1) is 37.0 Å². The molecule has 2 saturated carbocycles. The van der Waals surface area contributed by atoms with Crippen LogP contribution in [0.5, 0.6) is 0 Å². The van der Waals surface area contributed by atoms with Crippen LogP contribution in [-0.2, 0) is 20.8 Å². The number of rotatable bonds is 8. The number of nitrogens with one attached hydrogen (secondary N) is 2. The van der Waals surface area contributed by atoms with Gasteiger partial charge in [0.15, 0.2) is 0 Å². The van der Waals surface area contributed by atoms with Crippen molar-refractivity contribution in [3.63, 3.8) is 0 Å². The fraction of sp³-hybridized carbons (Fsp3) is 0.419. The highest BCUT2D eigenvalue weighted by molar-refractivity contribution is 8.04. The van der Waals surface area contributed by atoms with Crippen LogP contribution in [0.1, 0.15) is 18.9 Å². The molecule has 2 aliphatic heterocycles. The van der Waals surface area contributed by atoms with E-state index in [9.17, 15) is 24.0 Å². The molecule has 6 rings (SSSR count). The van der Waals surface area contributed by atoms with E-state index in [1.807, 2.05) is 36.1 Å². The molecule has 4 aliphatic rings. The molecule has 4 unspecified atom stereocenters.